The van der Waals surface area contributed by atoms with Crippen LogP contribution in [-0.4, -0.2) is 41.7 Å². The molecule has 1 aliphatic heterocycles. The third kappa shape index (κ3) is 4.75. The number of carbonyl (C=O) groups is 1. The van der Waals surface area contributed by atoms with E-state index < -0.39 is 10.0 Å². The van der Waals surface area contributed by atoms with Gasteiger partial charge in [-0.05, 0) is 67.5 Å². The minimum absolute atomic E-state index is 0.0303. The molecule has 1 saturated heterocycles. The number of aryl methyl sites for hydroxylation is 2. The number of hydrogen-bond donors (Lipinski definition) is 0. The summed E-state index contributed by atoms with van der Waals surface area (Å²) in [6, 6.07) is 13.2. The van der Waals surface area contributed by atoms with Crippen LogP contribution in [0, 0.1) is 19.8 Å². The molecule has 10 heteroatoms. The van der Waals surface area contributed by atoms with E-state index in [2.05, 4.69) is 31.0 Å². The third-order valence-corrected chi connectivity index (χ3v) is 10.8. The van der Waals surface area contributed by atoms with Crippen LogP contribution in [0.2, 0.25) is 0 Å². The minimum Gasteiger partial charge on any atom is -0.282 e. The highest BCUT2D eigenvalue weighted by Crippen LogP contribution is 2.35. The molecule has 0 aliphatic carbocycles. The molecule has 1 aliphatic rings. The highest BCUT2D eigenvalue weighted by atomic mass is 32.2. The van der Waals surface area contributed by atoms with Crippen molar-refractivity contribution in [2.24, 2.45) is 5.92 Å². The standard InChI is InChI=1S/C25H26N4O3S3/c1-17-8-9-21-23(18(17)2)27-25(34-21)29(16-20-6-3-4-12-26-20)24(30)19-10-13-28(14-11-19)35(31,32)22-7-5-15-33-22/h3-9,12,15,19H,10-11,13-14,16H2,1-2H3. The summed E-state index contributed by atoms with van der Waals surface area (Å²) in [5.74, 6) is -0.305. The second-order valence-corrected chi connectivity index (χ2v) is 12.8. The first kappa shape index (κ1) is 24.1. The van der Waals surface area contributed by atoms with Gasteiger partial charge in [-0.2, -0.15) is 4.31 Å². The average molecular weight is 527 g/mol. The largest absolute Gasteiger partial charge is 0.282 e. The summed E-state index contributed by atoms with van der Waals surface area (Å²) in [7, 11) is -3.51. The number of thiazole rings is 1. The molecule has 0 unspecified atom stereocenters. The van der Waals surface area contributed by atoms with Crippen molar-refractivity contribution in [3.8, 4) is 0 Å². The number of rotatable bonds is 6. The lowest BCUT2D eigenvalue weighted by Gasteiger charge is -2.32. The molecule has 7 nitrogen and oxygen atoms in total. The Morgan fingerprint density at radius 1 is 1.11 bits per heavy atom. The van der Waals surface area contributed by atoms with Crippen molar-refractivity contribution >= 4 is 54.0 Å². The Morgan fingerprint density at radius 2 is 1.91 bits per heavy atom. The number of aromatic nitrogens is 2. The second-order valence-electron chi connectivity index (χ2n) is 8.71. The van der Waals surface area contributed by atoms with E-state index in [0.717, 1.165) is 27.0 Å². The summed E-state index contributed by atoms with van der Waals surface area (Å²) in [5, 5.41) is 2.41. The van der Waals surface area contributed by atoms with Crippen LogP contribution in [0.25, 0.3) is 10.2 Å². The SMILES string of the molecule is Cc1ccc2sc(N(Cc3ccccn3)C(=O)C3CCN(S(=O)(=O)c4cccs4)CC3)nc2c1C. The van der Waals surface area contributed by atoms with Crippen molar-refractivity contribution in [1.82, 2.24) is 14.3 Å². The maximum absolute atomic E-state index is 13.8. The number of hydrogen-bond acceptors (Lipinski definition) is 7. The first-order valence-electron chi connectivity index (χ1n) is 11.5. The van der Waals surface area contributed by atoms with Gasteiger partial charge in [0.05, 0.1) is 22.5 Å². The molecule has 4 aromatic rings. The van der Waals surface area contributed by atoms with Gasteiger partial charge in [0, 0.05) is 25.2 Å². The number of pyridine rings is 1. The van der Waals surface area contributed by atoms with Crippen molar-refractivity contribution in [2.75, 3.05) is 18.0 Å². The van der Waals surface area contributed by atoms with Crippen LogP contribution < -0.4 is 4.90 Å². The lowest BCUT2D eigenvalue weighted by molar-refractivity contribution is -0.123. The van der Waals surface area contributed by atoms with E-state index >= 15 is 0 Å². The van der Waals surface area contributed by atoms with E-state index in [-0.39, 0.29) is 11.8 Å². The molecular formula is C25H26N4O3S3. The van der Waals surface area contributed by atoms with Crippen molar-refractivity contribution in [2.45, 2.75) is 37.4 Å². The number of carbonyl (C=O) groups excluding carboxylic acids is 1. The van der Waals surface area contributed by atoms with E-state index in [4.69, 9.17) is 4.98 Å². The van der Waals surface area contributed by atoms with Crippen LogP contribution in [0.15, 0.2) is 58.3 Å². The molecule has 0 saturated carbocycles. The first-order valence-corrected chi connectivity index (χ1v) is 14.6. The normalized spacial score (nSPS) is 15.5. The van der Waals surface area contributed by atoms with E-state index in [1.54, 1.807) is 28.6 Å². The third-order valence-electron chi connectivity index (χ3n) is 6.51. The Balaban J connectivity index is 1.40. The van der Waals surface area contributed by atoms with Gasteiger partial charge < -0.3 is 0 Å². The van der Waals surface area contributed by atoms with Gasteiger partial charge in [-0.25, -0.2) is 13.4 Å². The van der Waals surface area contributed by atoms with Crippen molar-refractivity contribution in [1.29, 1.82) is 0 Å². The van der Waals surface area contributed by atoms with Crippen LogP contribution in [0.3, 0.4) is 0 Å². The Morgan fingerprint density at radius 3 is 2.60 bits per heavy atom. The summed E-state index contributed by atoms with van der Waals surface area (Å²) in [5.41, 5.74) is 3.98. The predicted octanol–water partition coefficient (Wildman–Crippen LogP) is 5.00. The topological polar surface area (TPSA) is 83.5 Å². The molecule has 0 N–H and O–H groups in total. The summed E-state index contributed by atoms with van der Waals surface area (Å²) in [6.45, 7) is 5.09. The lowest BCUT2D eigenvalue weighted by Crippen LogP contribution is -2.44. The van der Waals surface area contributed by atoms with Gasteiger partial charge >= 0.3 is 0 Å². The Kier molecular flexibility index (Phi) is 6.71. The van der Waals surface area contributed by atoms with Crippen molar-refractivity contribution < 1.29 is 13.2 Å². The zero-order valence-corrected chi connectivity index (χ0v) is 22.0. The molecule has 1 fully saturated rings. The Bertz CT molecular complexity index is 1440. The number of amides is 1. The molecule has 182 valence electrons. The molecule has 0 bridgehead atoms. The maximum atomic E-state index is 13.8. The molecular weight excluding hydrogens is 501 g/mol. The van der Waals surface area contributed by atoms with Crippen LogP contribution in [0.1, 0.15) is 29.7 Å². The number of thiophene rings is 1. The van der Waals surface area contributed by atoms with Gasteiger partial charge in [-0.1, -0.05) is 29.5 Å². The fourth-order valence-corrected chi connectivity index (χ4v) is 7.97. The lowest BCUT2D eigenvalue weighted by atomic mass is 9.96. The smallest absolute Gasteiger partial charge is 0.252 e. The number of anilines is 1. The average Bonchev–Trinajstić information content (AvgIpc) is 3.57. The highest BCUT2D eigenvalue weighted by molar-refractivity contribution is 7.91. The Hall–Kier alpha value is -2.66. The molecule has 0 spiro atoms. The molecule has 4 heterocycles. The van der Waals surface area contributed by atoms with Crippen molar-refractivity contribution in [3.63, 3.8) is 0 Å². The Labute approximate surface area is 213 Å². The number of fused-ring (bicyclic) bond motifs is 1. The summed E-state index contributed by atoms with van der Waals surface area (Å²) in [6.07, 6.45) is 2.67. The van der Waals surface area contributed by atoms with Crippen molar-refractivity contribution in [3.05, 3.63) is 70.9 Å². The van der Waals surface area contributed by atoms with E-state index in [1.165, 1.54) is 27.0 Å². The summed E-state index contributed by atoms with van der Waals surface area (Å²) >= 11 is 2.72. The van der Waals surface area contributed by atoms with Gasteiger partial charge in [0.2, 0.25) is 5.91 Å². The molecule has 0 radical (unpaired) electrons. The highest BCUT2D eigenvalue weighted by Gasteiger charge is 2.35. The maximum Gasteiger partial charge on any atom is 0.252 e. The number of nitrogens with zero attached hydrogens (tertiary/aromatic N) is 4. The molecule has 3 aromatic heterocycles. The van der Waals surface area contributed by atoms with Crippen LogP contribution in [-0.2, 0) is 21.4 Å². The number of piperidine rings is 1. The minimum atomic E-state index is -3.51. The number of benzene rings is 1. The van der Waals surface area contributed by atoms with Gasteiger partial charge in [0.15, 0.2) is 5.13 Å². The summed E-state index contributed by atoms with van der Waals surface area (Å²) in [4.78, 5) is 24.8. The summed E-state index contributed by atoms with van der Waals surface area (Å²) < 4.78 is 28.7. The van der Waals surface area contributed by atoms with E-state index in [9.17, 15) is 13.2 Å². The molecule has 1 amide bonds. The van der Waals surface area contributed by atoms with Gasteiger partial charge in [0.25, 0.3) is 10.0 Å². The quantitative estimate of drug-likeness (QED) is 0.353. The number of sulfonamides is 1. The van der Waals surface area contributed by atoms with E-state index in [0.29, 0.717) is 41.8 Å². The van der Waals surface area contributed by atoms with Gasteiger partial charge in [-0.15, -0.1) is 11.3 Å². The van der Waals surface area contributed by atoms with Crippen LogP contribution in [0.4, 0.5) is 5.13 Å². The van der Waals surface area contributed by atoms with E-state index in [1.807, 2.05) is 18.2 Å². The predicted molar refractivity (Wildman–Crippen MR) is 140 cm³/mol. The van der Waals surface area contributed by atoms with Crippen LogP contribution in [0.5, 0.6) is 0 Å². The fourth-order valence-electron chi connectivity index (χ4n) is 4.32. The molecule has 0 atom stereocenters. The molecule has 1 aromatic carbocycles. The second kappa shape index (κ2) is 9.77. The van der Waals surface area contributed by atoms with Gasteiger partial charge in [0.1, 0.15) is 4.21 Å². The van der Waals surface area contributed by atoms with Crippen LogP contribution >= 0.6 is 22.7 Å². The molecule has 5 rings (SSSR count). The monoisotopic (exact) mass is 526 g/mol. The van der Waals surface area contributed by atoms with Gasteiger partial charge in [-0.3, -0.25) is 14.7 Å². The zero-order chi connectivity index (χ0) is 24.6. The zero-order valence-electron chi connectivity index (χ0n) is 19.5. The molecule has 35 heavy (non-hydrogen) atoms. The first-order chi connectivity index (χ1) is 16.8. The fraction of sp³-hybridized carbons (Fsp3) is 0.320.